The molecule has 4 heteroatoms. The van der Waals surface area contributed by atoms with Crippen molar-refractivity contribution < 1.29 is 19.1 Å². The fourth-order valence-electron chi connectivity index (χ4n) is 3.20. The minimum absolute atomic E-state index is 0.154. The highest BCUT2D eigenvalue weighted by Crippen LogP contribution is 2.22. The molecule has 27 heavy (non-hydrogen) atoms. The maximum Gasteiger partial charge on any atom is 0.308 e. The first-order chi connectivity index (χ1) is 13.1. The summed E-state index contributed by atoms with van der Waals surface area (Å²) in [4.78, 5) is 24.6. The lowest BCUT2D eigenvalue weighted by Gasteiger charge is -2.20. The molecule has 0 aliphatic carbocycles. The van der Waals surface area contributed by atoms with Crippen molar-refractivity contribution in [2.45, 2.75) is 111 Å². The molecule has 0 aromatic carbocycles. The first-order valence-corrected chi connectivity index (χ1v) is 11.4. The first-order valence-electron chi connectivity index (χ1n) is 11.4. The van der Waals surface area contributed by atoms with Gasteiger partial charge in [0.2, 0.25) is 0 Å². The fourth-order valence-corrected chi connectivity index (χ4v) is 3.20. The topological polar surface area (TPSA) is 52.6 Å². The molecule has 4 nitrogen and oxygen atoms in total. The third-order valence-corrected chi connectivity index (χ3v) is 5.21. The van der Waals surface area contributed by atoms with Crippen molar-refractivity contribution in [1.29, 1.82) is 0 Å². The van der Waals surface area contributed by atoms with Crippen LogP contribution in [0.4, 0.5) is 0 Å². The summed E-state index contributed by atoms with van der Waals surface area (Å²) in [6, 6.07) is 0. The van der Waals surface area contributed by atoms with Crippen molar-refractivity contribution in [2.75, 3.05) is 13.2 Å². The lowest BCUT2D eigenvalue weighted by molar-refractivity contribution is -0.153. The van der Waals surface area contributed by atoms with Crippen molar-refractivity contribution in [3.8, 4) is 0 Å². The van der Waals surface area contributed by atoms with Gasteiger partial charge in [-0.05, 0) is 32.1 Å². The van der Waals surface area contributed by atoms with Crippen LogP contribution in [0, 0.1) is 11.8 Å². The van der Waals surface area contributed by atoms with Crippen LogP contribution in [0.2, 0.25) is 0 Å². The molecule has 0 rings (SSSR count). The second-order valence-corrected chi connectivity index (χ2v) is 7.61. The molecule has 0 aromatic rings. The quantitative estimate of drug-likeness (QED) is 0.201. The maximum atomic E-state index is 12.3. The van der Waals surface area contributed by atoms with Crippen molar-refractivity contribution in [3.05, 3.63) is 0 Å². The Morgan fingerprint density at radius 1 is 0.593 bits per heavy atom. The standard InChI is InChI=1S/C23H44O4/c1-5-9-11-13-15-17-26-22(24)20(7-3)19-21(8-4)23(25)27-18-16-14-12-10-6-2/h20-21H,5-19H2,1-4H3. The molecule has 160 valence electrons. The fraction of sp³-hybridized carbons (Fsp3) is 0.913. The summed E-state index contributed by atoms with van der Waals surface area (Å²) in [7, 11) is 0. The van der Waals surface area contributed by atoms with E-state index in [0.717, 1.165) is 25.7 Å². The molecule has 0 fully saturated rings. The third-order valence-electron chi connectivity index (χ3n) is 5.21. The van der Waals surface area contributed by atoms with E-state index in [9.17, 15) is 9.59 Å². The molecule has 0 saturated heterocycles. The summed E-state index contributed by atoms with van der Waals surface area (Å²) in [6.45, 7) is 9.34. The molecular weight excluding hydrogens is 340 g/mol. The minimum Gasteiger partial charge on any atom is -0.465 e. The SMILES string of the molecule is CCCCCCCOC(=O)C(CC)CC(CC)C(=O)OCCCCCCC. The van der Waals surface area contributed by atoms with Gasteiger partial charge in [-0.2, -0.15) is 0 Å². The number of ether oxygens (including phenoxy) is 2. The summed E-state index contributed by atoms with van der Waals surface area (Å²) in [6.07, 6.45) is 13.3. The molecule has 2 unspecified atom stereocenters. The highest BCUT2D eigenvalue weighted by atomic mass is 16.5. The van der Waals surface area contributed by atoms with Crippen molar-refractivity contribution in [2.24, 2.45) is 11.8 Å². The zero-order valence-corrected chi connectivity index (χ0v) is 18.4. The largest absolute Gasteiger partial charge is 0.465 e. The van der Waals surface area contributed by atoms with Crippen molar-refractivity contribution in [3.63, 3.8) is 0 Å². The van der Waals surface area contributed by atoms with Gasteiger partial charge < -0.3 is 9.47 Å². The molecule has 0 spiro atoms. The Kier molecular flexibility index (Phi) is 17.6. The normalized spacial score (nSPS) is 13.2. The Balaban J connectivity index is 4.13. The highest BCUT2D eigenvalue weighted by Gasteiger charge is 2.27. The van der Waals surface area contributed by atoms with E-state index in [0.29, 0.717) is 32.5 Å². The van der Waals surface area contributed by atoms with Gasteiger partial charge in [0.25, 0.3) is 0 Å². The number of hydrogen-bond acceptors (Lipinski definition) is 4. The number of esters is 2. The Morgan fingerprint density at radius 3 is 1.30 bits per heavy atom. The van der Waals surface area contributed by atoms with Crippen LogP contribution >= 0.6 is 0 Å². The van der Waals surface area contributed by atoms with Gasteiger partial charge in [0.05, 0.1) is 25.0 Å². The van der Waals surface area contributed by atoms with E-state index in [2.05, 4.69) is 13.8 Å². The predicted molar refractivity (Wildman–Crippen MR) is 112 cm³/mol. The number of carbonyl (C=O) groups excluding carboxylic acids is 2. The van der Waals surface area contributed by atoms with Gasteiger partial charge in [0.1, 0.15) is 0 Å². The monoisotopic (exact) mass is 384 g/mol. The Hall–Kier alpha value is -1.06. The van der Waals surface area contributed by atoms with Crippen LogP contribution in [0.5, 0.6) is 0 Å². The molecule has 0 saturated carbocycles. The van der Waals surface area contributed by atoms with E-state index in [1.165, 1.54) is 38.5 Å². The molecule has 0 amide bonds. The molecule has 2 atom stereocenters. The number of hydrogen-bond donors (Lipinski definition) is 0. The minimum atomic E-state index is -0.206. The van der Waals surface area contributed by atoms with Crippen LogP contribution in [0.25, 0.3) is 0 Å². The number of unbranched alkanes of at least 4 members (excludes halogenated alkanes) is 8. The zero-order chi connectivity index (χ0) is 20.3. The van der Waals surface area contributed by atoms with Crippen molar-refractivity contribution in [1.82, 2.24) is 0 Å². The Morgan fingerprint density at radius 2 is 0.963 bits per heavy atom. The molecule has 0 radical (unpaired) electrons. The van der Waals surface area contributed by atoms with E-state index >= 15 is 0 Å². The second-order valence-electron chi connectivity index (χ2n) is 7.61. The highest BCUT2D eigenvalue weighted by molar-refractivity contribution is 5.76. The van der Waals surface area contributed by atoms with Gasteiger partial charge in [-0.25, -0.2) is 0 Å². The lowest BCUT2D eigenvalue weighted by atomic mass is 9.91. The molecule has 0 bridgehead atoms. The Labute approximate surface area is 167 Å². The van der Waals surface area contributed by atoms with Gasteiger partial charge >= 0.3 is 11.9 Å². The molecule has 0 aliphatic heterocycles. The molecular formula is C23H44O4. The van der Waals surface area contributed by atoms with Gasteiger partial charge in [0, 0.05) is 0 Å². The number of rotatable bonds is 18. The van der Waals surface area contributed by atoms with Gasteiger partial charge in [0.15, 0.2) is 0 Å². The summed E-state index contributed by atoms with van der Waals surface area (Å²) >= 11 is 0. The van der Waals surface area contributed by atoms with Crippen LogP contribution in [0.1, 0.15) is 111 Å². The molecule has 0 N–H and O–H groups in total. The lowest BCUT2D eigenvalue weighted by Crippen LogP contribution is -2.26. The van der Waals surface area contributed by atoms with Crippen LogP contribution in [-0.2, 0) is 19.1 Å². The number of carbonyl (C=O) groups is 2. The average molecular weight is 385 g/mol. The van der Waals surface area contributed by atoms with Gasteiger partial charge in [-0.15, -0.1) is 0 Å². The van der Waals surface area contributed by atoms with Crippen molar-refractivity contribution >= 4 is 11.9 Å². The molecule has 0 heterocycles. The summed E-state index contributed by atoms with van der Waals surface area (Å²) in [5.74, 6) is -0.719. The summed E-state index contributed by atoms with van der Waals surface area (Å²) < 4.78 is 10.9. The zero-order valence-electron chi connectivity index (χ0n) is 18.4. The van der Waals surface area contributed by atoms with Gasteiger partial charge in [-0.1, -0.05) is 79.1 Å². The van der Waals surface area contributed by atoms with E-state index in [1.807, 2.05) is 13.8 Å². The first kappa shape index (κ1) is 25.9. The average Bonchev–Trinajstić information content (AvgIpc) is 2.67. The van der Waals surface area contributed by atoms with Crippen LogP contribution in [0.15, 0.2) is 0 Å². The Bertz CT molecular complexity index is 333. The maximum absolute atomic E-state index is 12.3. The van der Waals surface area contributed by atoms with Crippen LogP contribution in [0.3, 0.4) is 0 Å². The van der Waals surface area contributed by atoms with E-state index in [4.69, 9.17) is 9.47 Å². The van der Waals surface area contributed by atoms with E-state index < -0.39 is 0 Å². The molecule has 0 aromatic heterocycles. The summed E-state index contributed by atoms with van der Waals surface area (Å²) in [5, 5.41) is 0. The second kappa shape index (κ2) is 18.3. The predicted octanol–water partition coefficient (Wildman–Crippen LogP) is 6.46. The van der Waals surface area contributed by atoms with Gasteiger partial charge in [-0.3, -0.25) is 9.59 Å². The third kappa shape index (κ3) is 13.7. The smallest absolute Gasteiger partial charge is 0.308 e. The van der Waals surface area contributed by atoms with E-state index in [1.54, 1.807) is 0 Å². The van der Waals surface area contributed by atoms with Crippen LogP contribution < -0.4 is 0 Å². The summed E-state index contributed by atoms with van der Waals surface area (Å²) in [5.41, 5.74) is 0. The van der Waals surface area contributed by atoms with Crippen LogP contribution in [-0.4, -0.2) is 25.2 Å². The molecule has 0 aliphatic rings. The van der Waals surface area contributed by atoms with E-state index in [-0.39, 0.29) is 23.8 Å².